The summed E-state index contributed by atoms with van der Waals surface area (Å²) in [6.45, 7) is 1.79. The van der Waals surface area contributed by atoms with Crippen LogP contribution >= 0.6 is 11.8 Å². The molecule has 0 fully saturated rings. The van der Waals surface area contributed by atoms with Crippen molar-refractivity contribution >= 4 is 23.4 Å². The van der Waals surface area contributed by atoms with E-state index in [0.717, 1.165) is 23.9 Å². The van der Waals surface area contributed by atoms with Crippen molar-refractivity contribution < 1.29 is 18.1 Å². The lowest BCUT2D eigenvalue weighted by Crippen LogP contribution is -2.14. The van der Waals surface area contributed by atoms with Crippen LogP contribution in [0.1, 0.15) is 21.8 Å². The van der Waals surface area contributed by atoms with Gasteiger partial charge in [-0.15, -0.1) is 0 Å². The maximum Gasteiger partial charge on any atom is 0.258 e. The zero-order valence-corrected chi connectivity index (χ0v) is 13.9. The molecule has 0 spiro atoms. The van der Waals surface area contributed by atoms with E-state index in [4.69, 9.17) is 4.52 Å². The van der Waals surface area contributed by atoms with Crippen LogP contribution in [0.25, 0.3) is 0 Å². The molecule has 128 valence electrons. The quantitative estimate of drug-likeness (QED) is 0.690. The third-order valence-electron chi connectivity index (χ3n) is 3.23. The summed E-state index contributed by atoms with van der Waals surface area (Å²) in [6.07, 6.45) is 1.55. The molecule has 0 saturated carbocycles. The molecule has 3 aromatic rings. The van der Waals surface area contributed by atoms with Crippen molar-refractivity contribution in [3.8, 4) is 0 Å². The van der Waals surface area contributed by atoms with Gasteiger partial charge in [-0.3, -0.25) is 4.79 Å². The number of aryl methyl sites for hydroxylation is 1. The fraction of sp³-hybridized carbons (Fsp3) is 0.118. The lowest BCUT2D eigenvalue weighted by molar-refractivity contribution is 0.102. The highest BCUT2D eigenvalue weighted by atomic mass is 32.2. The number of pyridine rings is 1. The zero-order chi connectivity index (χ0) is 17.8. The number of aromatic nitrogens is 2. The summed E-state index contributed by atoms with van der Waals surface area (Å²) in [5.74, 6) is -0.777. The molecular weight excluding hydrogens is 348 g/mol. The van der Waals surface area contributed by atoms with Gasteiger partial charge in [0.15, 0.2) is 0 Å². The Balaban J connectivity index is 1.77. The number of nitrogens with one attached hydrogen (secondary N) is 1. The summed E-state index contributed by atoms with van der Waals surface area (Å²) in [4.78, 5) is 16.6. The van der Waals surface area contributed by atoms with E-state index in [9.17, 15) is 13.6 Å². The largest absolute Gasteiger partial charge is 0.361 e. The topological polar surface area (TPSA) is 68.0 Å². The van der Waals surface area contributed by atoms with Crippen LogP contribution in [-0.2, 0) is 5.75 Å². The van der Waals surface area contributed by atoms with E-state index < -0.39 is 17.5 Å². The molecule has 0 aliphatic heterocycles. The van der Waals surface area contributed by atoms with Crippen LogP contribution in [0.5, 0.6) is 0 Å². The summed E-state index contributed by atoms with van der Waals surface area (Å²) >= 11 is 1.30. The van der Waals surface area contributed by atoms with Gasteiger partial charge in [-0.1, -0.05) is 16.9 Å². The van der Waals surface area contributed by atoms with E-state index in [1.807, 2.05) is 0 Å². The van der Waals surface area contributed by atoms with Gasteiger partial charge in [-0.2, -0.15) is 0 Å². The predicted octanol–water partition coefficient (Wildman–Crippen LogP) is 4.20. The maximum absolute atomic E-state index is 13.7. The van der Waals surface area contributed by atoms with Crippen molar-refractivity contribution in [2.75, 3.05) is 5.32 Å². The molecule has 1 aromatic carbocycles. The van der Waals surface area contributed by atoms with Gasteiger partial charge < -0.3 is 9.84 Å². The van der Waals surface area contributed by atoms with E-state index >= 15 is 0 Å². The minimum atomic E-state index is -0.717. The second kappa shape index (κ2) is 7.43. The Hall–Kier alpha value is -2.74. The molecule has 2 aromatic heterocycles. The number of benzene rings is 1. The predicted molar refractivity (Wildman–Crippen MR) is 89.3 cm³/mol. The van der Waals surface area contributed by atoms with Crippen molar-refractivity contribution in [3.05, 3.63) is 71.2 Å². The second-order valence-electron chi connectivity index (χ2n) is 5.15. The summed E-state index contributed by atoms with van der Waals surface area (Å²) in [5.41, 5.74) is 0.754. The van der Waals surface area contributed by atoms with Gasteiger partial charge in [0, 0.05) is 24.1 Å². The molecule has 0 radical (unpaired) electrons. The molecule has 1 amide bonds. The summed E-state index contributed by atoms with van der Waals surface area (Å²) in [5, 5.41) is 6.70. The van der Waals surface area contributed by atoms with Gasteiger partial charge in [-0.25, -0.2) is 13.8 Å². The number of hydrogen-bond donors (Lipinski definition) is 1. The highest BCUT2D eigenvalue weighted by Gasteiger charge is 2.16. The normalized spacial score (nSPS) is 10.7. The van der Waals surface area contributed by atoms with Crippen molar-refractivity contribution in [1.29, 1.82) is 0 Å². The van der Waals surface area contributed by atoms with E-state index in [-0.39, 0.29) is 11.3 Å². The smallest absolute Gasteiger partial charge is 0.258 e. The first-order valence-electron chi connectivity index (χ1n) is 7.29. The molecule has 1 N–H and O–H groups in total. The van der Waals surface area contributed by atoms with Crippen molar-refractivity contribution in [2.24, 2.45) is 0 Å². The molecular formula is C17H13F2N3O2S. The van der Waals surface area contributed by atoms with Crippen molar-refractivity contribution in [1.82, 2.24) is 10.1 Å². The highest BCUT2D eigenvalue weighted by molar-refractivity contribution is 7.98. The van der Waals surface area contributed by atoms with E-state index in [0.29, 0.717) is 16.5 Å². The van der Waals surface area contributed by atoms with Crippen LogP contribution < -0.4 is 5.32 Å². The Bertz CT molecular complexity index is 914. The molecule has 2 heterocycles. The van der Waals surface area contributed by atoms with Crippen LogP contribution in [0, 0.1) is 18.6 Å². The van der Waals surface area contributed by atoms with E-state index in [1.165, 1.54) is 11.8 Å². The standard InChI is InChI=1S/C17H13F2N3O2S/c1-10-7-12(22-24-10)9-25-17-13(3-2-6-20-17)16(23)21-15-8-11(18)4-5-14(15)19/h2-8H,9H2,1H3,(H,21,23). The van der Waals surface area contributed by atoms with Gasteiger partial charge in [0.2, 0.25) is 0 Å². The average Bonchev–Trinajstić information content (AvgIpc) is 3.02. The van der Waals surface area contributed by atoms with Crippen molar-refractivity contribution in [3.63, 3.8) is 0 Å². The fourth-order valence-corrected chi connectivity index (χ4v) is 2.96. The fourth-order valence-electron chi connectivity index (χ4n) is 2.09. The lowest BCUT2D eigenvalue weighted by Gasteiger charge is -2.09. The minimum absolute atomic E-state index is 0.225. The van der Waals surface area contributed by atoms with Gasteiger partial charge in [0.25, 0.3) is 5.91 Å². The Labute approximate surface area is 146 Å². The maximum atomic E-state index is 13.7. The number of halogens is 2. The third-order valence-corrected chi connectivity index (χ3v) is 4.26. The molecule has 0 bridgehead atoms. The van der Waals surface area contributed by atoms with Crippen LogP contribution in [0.2, 0.25) is 0 Å². The number of anilines is 1. The molecule has 0 unspecified atom stereocenters. The SMILES string of the molecule is Cc1cc(CSc2ncccc2C(=O)Nc2cc(F)ccc2F)no1. The molecule has 0 saturated heterocycles. The first-order valence-corrected chi connectivity index (χ1v) is 8.28. The first-order chi connectivity index (χ1) is 12.0. The molecule has 0 atom stereocenters. The van der Waals surface area contributed by atoms with Gasteiger partial charge in [0.05, 0.1) is 16.9 Å². The van der Waals surface area contributed by atoms with Crippen LogP contribution in [-0.4, -0.2) is 16.0 Å². The minimum Gasteiger partial charge on any atom is -0.361 e. The molecule has 0 aliphatic rings. The monoisotopic (exact) mass is 361 g/mol. The summed E-state index contributed by atoms with van der Waals surface area (Å²) in [6, 6.07) is 7.82. The number of thioether (sulfide) groups is 1. The molecule has 3 rings (SSSR count). The zero-order valence-electron chi connectivity index (χ0n) is 13.1. The Morgan fingerprint density at radius 3 is 2.88 bits per heavy atom. The number of carbonyl (C=O) groups is 1. The molecule has 25 heavy (non-hydrogen) atoms. The molecule has 0 aliphatic carbocycles. The summed E-state index contributed by atoms with van der Waals surface area (Å²) in [7, 11) is 0. The van der Waals surface area contributed by atoms with Gasteiger partial charge in [0.1, 0.15) is 22.4 Å². The summed E-state index contributed by atoms with van der Waals surface area (Å²) < 4.78 is 31.9. The number of hydrogen-bond acceptors (Lipinski definition) is 5. The Kier molecular flexibility index (Phi) is 5.08. The molecule has 8 heteroatoms. The number of carbonyl (C=O) groups excluding carboxylic acids is 1. The number of amides is 1. The number of nitrogens with zero attached hydrogens (tertiary/aromatic N) is 2. The first kappa shape index (κ1) is 17.1. The van der Waals surface area contributed by atoms with Crippen LogP contribution in [0.15, 0.2) is 52.1 Å². The van der Waals surface area contributed by atoms with Crippen LogP contribution in [0.3, 0.4) is 0 Å². The van der Waals surface area contributed by atoms with Gasteiger partial charge in [-0.05, 0) is 31.2 Å². The van der Waals surface area contributed by atoms with Crippen molar-refractivity contribution in [2.45, 2.75) is 17.7 Å². The molecule has 5 nitrogen and oxygen atoms in total. The second-order valence-corrected chi connectivity index (χ2v) is 6.12. The third kappa shape index (κ3) is 4.21. The van der Waals surface area contributed by atoms with Crippen LogP contribution in [0.4, 0.5) is 14.5 Å². The van der Waals surface area contributed by atoms with E-state index in [1.54, 1.807) is 31.3 Å². The highest BCUT2D eigenvalue weighted by Crippen LogP contribution is 2.25. The Morgan fingerprint density at radius 1 is 1.28 bits per heavy atom. The number of rotatable bonds is 5. The lowest BCUT2D eigenvalue weighted by atomic mass is 10.2. The van der Waals surface area contributed by atoms with E-state index in [2.05, 4.69) is 15.5 Å². The van der Waals surface area contributed by atoms with Gasteiger partial charge >= 0.3 is 0 Å². The Morgan fingerprint density at radius 2 is 2.12 bits per heavy atom. The average molecular weight is 361 g/mol.